The molecule has 37 heavy (non-hydrogen) atoms. The van der Waals surface area contributed by atoms with Crippen molar-refractivity contribution >= 4 is 34.1 Å². The molecule has 4 rings (SSSR count). The van der Waals surface area contributed by atoms with Crippen LogP contribution in [0.5, 0.6) is 0 Å². The quantitative estimate of drug-likeness (QED) is 0.179. The van der Waals surface area contributed by atoms with Crippen molar-refractivity contribution in [1.29, 1.82) is 0 Å². The van der Waals surface area contributed by atoms with E-state index in [2.05, 4.69) is 83.8 Å². The first-order chi connectivity index (χ1) is 18.0. The Bertz CT molecular complexity index is 1190. The lowest BCUT2D eigenvalue weighted by Gasteiger charge is -2.36. The lowest BCUT2D eigenvalue weighted by molar-refractivity contribution is -0.139. The molecular formula is C33H32BrNO2. The summed E-state index contributed by atoms with van der Waals surface area (Å²) in [6.07, 6.45) is 3.70. The third-order valence-electron chi connectivity index (χ3n) is 6.21. The Kier molecular flexibility index (Phi) is 10.2. The number of hydrogen-bond acceptors (Lipinski definition) is 3. The zero-order valence-corrected chi connectivity index (χ0v) is 22.9. The molecule has 188 valence electrons. The van der Waals surface area contributed by atoms with Crippen LogP contribution in [-0.4, -0.2) is 19.6 Å². The van der Waals surface area contributed by atoms with Gasteiger partial charge in [0.1, 0.15) is 0 Å². The molecule has 1 N–H and O–H groups in total. The van der Waals surface area contributed by atoms with Gasteiger partial charge in [-0.15, -0.1) is 0 Å². The first-order valence-electron chi connectivity index (χ1n) is 12.0. The minimum absolute atomic E-state index is 0.106. The molecule has 0 atom stereocenters. The highest BCUT2D eigenvalue weighted by Gasteiger charge is 2.36. The number of carbonyl (C=O) groups is 1. The second kappa shape index (κ2) is 13.5. The molecule has 0 bridgehead atoms. The Balaban J connectivity index is 0.000000266. The number of esters is 1. The lowest BCUT2D eigenvalue weighted by Crippen LogP contribution is -2.47. The molecular weight excluding hydrogens is 522 g/mol. The average Bonchev–Trinajstić information content (AvgIpc) is 2.96. The van der Waals surface area contributed by atoms with Gasteiger partial charge in [0, 0.05) is 4.47 Å². The van der Waals surface area contributed by atoms with Gasteiger partial charge in [-0.3, -0.25) is 10.1 Å². The number of halogens is 1. The molecule has 0 spiro atoms. The van der Waals surface area contributed by atoms with Crippen LogP contribution in [0.2, 0.25) is 0 Å². The van der Waals surface area contributed by atoms with Gasteiger partial charge in [-0.05, 0) is 46.4 Å². The van der Waals surface area contributed by atoms with Crippen molar-refractivity contribution in [2.45, 2.75) is 12.5 Å². The van der Waals surface area contributed by atoms with Crippen LogP contribution in [0, 0.1) is 6.92 Å². The number of carbonyl (C=O) groups excluding carboxylic acids is 1. The zero-order valence-electron chi connectivity index (χ0n) is 21.3. The molecule has 0 aromatic heterocycles. The Morgan fingerprint density at radius 2 is 1.22 bits per heavy atom. The van der Waals surface area contributed by atoms with E-state index in [9.17, 15) is 4.79 Å². The summed E-state index contributed by atoms with van der Waals surface area (Å²) in [6.45, 7) is 9.71. The Morgan fingerprint density at radius 1 is 0.784 bits per heavy atom. The second-order valence-electron chi connectivity index (χ2n) is 8.38. The molecule has 4 aromatic carbocycles. The highest BCUT2D eigenvalue weighted by molar-refractivity contribution is 9.10. The fourth-order valence-corrected chi connectivity index (χ4v) is 4.85. The molecule has 0 aliphatic rings. The van der Waals surface area contributed by atoms with Gasteiger partial charge in [-0.2, -0.15) is 0 Å². The standard InChI is InChI=1S/C22H21NO2.C11H11Br/c1-25-21(24)17-23-22(18-11-5-2-6-12-18,19-13-7-3-8-14-19)20-15-9-4-10-16-20;1-4-9-8(3)6-7-11(12)10(9)5-2/h2-16,23H,17H2,1H3;4-7H,1-2H2,3H3. The smallest absolute Gasteiger partial charge is 0.319 e. The maximum atomic E-state index is 11.9. The van der Waals surface area contributed by atoms with Crippen LogP contribution in [-0.2, 0) is 15.1 Å². The molecule has 0 heterocycles. The number of nitrogens with one attached hydrogen (secondary N) is 1. The third-order valence-corrected chi connectivity index (χ3v) is 6.90. The molecule has 3 nitrogen and oxygen atoms in total. The van der Waals surface area contributed by atoms with Crippen molar-refractivity contribution in [1.82, 2.24) is 5.32 Å². The minimum atomic E-state index is -0.641. The topological polar surface area (TPSA) is 38.3 Å². The third kappa shape index (κ3) is 6.53. The summed E-state index contributed by atoms with van der Waals surface area (Å²) in [4.78, 5) is 11.9. The van der Waals surface area contributed by atoms with Crippen LogP contribution in [0.3, 0.4) is 0 Å². The van der Waals surface area contributed by atoms with Crippen LogP contribution in [0.25, 0.3) is 12.2 Å². The van der Waals surface area contributed by atoms with E-state index in [0.717, 1.165) is 32.3 Å². The summed E-state index contributed by atoms with van der Waals surface area (Å²) in [6, 6.07) is 34.6. The number of rotatable bonds is 8. The second-order valence-corrected chi connectivity index (χ2v) is 9.23. The van der Waals surface area contributed by atoms with Gasteiger partial charge >= 0.3 is 5.97 Å². The lowest BCUT2D eigenvalue weighted by atomic mass is 9.77. The van der Waals surface area contributed by atoms with Gasteiger partial charge in [0.25, 0.3) is 0 Å². The van der Waals surface area contributed by atoms with E-state index in [-0.39, 0.29) is 12.5 Å². The van der Waals surface area contributed by atoms with E-state index in [1.165, 1.54) is 12.7 Å². The summed E-state index contributed by atoms with van der Waals surface area (Å²) in [5, 5.41) is 3.46. The molecule has 0 unspecified atom stereocenters. The van der Waals surface area contributed by atoms with E-state index < -0.39 is 5.54 Å². The van der Waals surface area contributed by atoms with Crippen molar-refractivity contribution in [2.24, 2.45) is 0 Å². The zero-order chi connectivity index (χ0) is 26.7. The van der Waals surface area contributed by atoms with Gasteiger partial charge in [0.2, 0.25) is 0 Å². The largest absolute Gasteiger partial charge is 0.468 e. The maximum absolute atomic E-state index is 11.9. The molecule has 0 fully saturated rings. The first-order valence-corrected chi connectivity index (χ1v) is 12.8. The molecule has 0 amide bonds. The maximum Gasteiger partial charge on any atom is 0.319 e. The average molecular weight is 555 g/mol. The van der Waals surface area contributed by atoms with E-state index in [1.54, 1.807) is 0 Å². The van der Waals surface area contributed by atoms with Crippen molar-refractivity contribution in [2.75, 3.05) is 13.7 Å². The van der Waals surface area contributed by atoms with Gasteiger partial charge in [0.15, 0.2) is 0 Å². The van der Waals surface area contributed by atoms with Gasteiger partial charge in [-0.1, -0.05) is 138 Å². The summed E-state index contributed by atoms with van der Waals surface area (Å²) < 4.78 is 5.92. The minimum Gasteiger partial charge on any atom is -0.468 e. The molecule has 0 aliphatic carbocycles. The van der Waals surface area contributed by atoms with E-state index >= 15 is 0 Å². The number of aryl methyl sites for hydroxylation is 1. The molecule has 4 heteroatoms. The highest BCUT2D eigenvalue weighted by atomic mass is 79.9. The number of ether oxygens (including phenoxy) is 1. The predicted octanol–water partition coefficient (Wildman–Crippen LogP) is 7.78. The van der Waals surface area contributed by atoms with Crippen LogP contribution in [0.15, 0.2) is 121 Å². The van der Waals surface area contributed by atoms with E-state index in [0.29, 0.717) is 0 Å². The monoisotopic (exact) mass is 553 g/mol. The Morgan fingerprint density at radius 3 is 1.57 bits per heavy atom. The van der Waals surface area contributed by atoms with Crippen LogP contribution in [0.4, 0.5) is 0 Å². The summed E-state index contributed by atoms with van der Waals surface area (Å²) in [5.74, 6) is -0.299. The molecule has 0 radical (unpaired) electrons. The highest BCUT2D eigenvalue weighted by Crippen LogP contribution is 2.36. The Hall–Kier alpha value is -3.73. The van der Waals surface area contributed by atoms with Crippen LogP contribution < -0.4 is 5.32 Å². The van der Waals surface area contributed by atoms with Crippen LogP contribution >= 0.6 is 15.9 Å². The normalized spacial score (nSPS) is 10.6. The van der Waals surface area contributed by atoms with Crippen molar-refractivity contribution in [3.8, 4) is 0 Å². The number of benzene rings is 4. The molecule has 4 aromatic rings. The van der Waals surface area contributed by atoms with Crippen molar-refractivity contribution in [3.63, 3.8) is 0 Å². The van der Waals surface area contributed by atoms with E-state index in [4.69, 9.17) is 4.74 Å². The SMILES string of the molecule is C=Cc1c(C)ccc(Br)c1C=C.COC(=O)CNC(c1ccccc1)(c1ccccc1)c1ccccc1. The Labute approximate surface area is 228 Å². The molecule has 0 saturated heterocycles. The first kappa shape index (κ1) is 27.9. The molecule has 0 saturated carbocycles. The van der Waals surface area contributed by atoms with Gasteiger partial charge < -0.3 is 4.74 Å². The van der Waals surface area contributed by atoms with Gasteiger partial charge in [-0.25, -0.2) is 0 Å². The summed E-state index contributed by atoms with van der Waals surface area (Å²) >= 11 is 3.46. The van der Waals surface area contributed by atoms with Crippen LogP contribution in [0.1, 0.15) is 33.4 Å². The van der Waals surface area contributed by atoms with Crippen molar-refractivity contribution in [3.05, 3.63) is 154 Å². The fourth-order valence-electron chi connectivity index (χ4n) is 4.34. The van der Waals surface area contributed by atoms with Crippen molar-refractivity contribution < 1.29 is 9.53 Å². The molecule has 0 aliphatic heterocycles. The summed E-state index contributed by atoms with van der Waals surface area (Å²) in [7, 11) is 1.40. The number of methoxy groups -OCH3 is 1. The predicted molar refractivity (Wildman–Crippen MR) is 158 cm³/mol. The number of hydrogen-bond donors (Lipinski definition) is 1. The van der Waals surface area contributed by atoms with Gasteiger partial charge in [0.05, 0.1) is 19.2 Å². The fraction of sp³-hybridized carbons (Fsp3) is 0.121. The summed E-state index contributed by atoms with van der Waals surface area (Å²) in [5.41, 5.74) is 6.05. The van der Waals surface area contributed by atoms with E-state index in [1.807, 2.05) is 72.8 Å².